The van der Waals surface area contributed by atoms with E-state index in [0.717, 1.165) is 5.03 Å². The van der Waals surface area contributed by atoms with Crippen molar-refractivity contribution in [2.45, 2.75) is 36.6 Å². The Kier molecular flexibility index (Phi) is 5.00. The average molecular weight is 254 g/mol. The highest BCUT2D eigenvalue weighted by Gasteiger charge is 2.27. The molecule has 1 aliphatic heterocycles. The molecule has 1 atom stereocenters. The number of unbranched alkanes of at least 4 members (excludes halogenated alkanes) is 1. The summed E-state index contributed by atoms with van der Waals surface area (Å²) in [6, 6.07) is 6.09. The third kappa shape index (κ3) is 3.40. The zero-order chi connectivity index (χ0) is 11.2. The lowest BCUT2D eigenvalue weighted by Gasteiger charge is -2.39. The molecule has 1 aliphatic rings. The van der Waals surface area contributed by atoms with Gasteiger partial charge in [0.25, 0.3) is 0 Å². The molecule has 0 N–H and O–H groups in total. The summed E-state index contributed by atoms with van der Waals surface area (Å²) in [6.45, 7) is 4.79. The molecule has 2 heterocycles. The van der Waals surface area contributed by atoms with Crippen LogP contribution in [0.5, 0.6) is 0 Å². The van der Waals surface area contributed by atoms with Gasteiger partial charge >= 0.3 is 0 Å². The predicted octanol–water partition coefficient (Wildman–Crippen LogP) is 3.65. The lowest BCUT2D eigenvalue weighted by atomic mass is 10.2. The summed E-state index contributed by atoms with van der Waals surface area (Å²) in [7, 11) is 3.76. The molecule has 0 bridgehead atoms. The Morgan fingerprint density at radius 1 is 1.50 bits per heavy atom. The largest absolute Gasteiger partial charge is 0.291 e. The van der Waals surface area contributed by atoms with Crippen LogP contribution >= 0.6 is 21.6 Å². The zero-order valence-corrected chi connectivity index (χ0v) is 11.3. The van der Waals surface area contributed by atoms with Crippen molar-refractivity contribution in [1.82, 2.24) is 9.88 Å². The molecule has 1 saturated heterocycles. The number of nitrogens with zero attached hydrogens (tertiary/aromatic N) is 2. The molecule has 88 valence electrons. The van der Waals surface area contributed by atoms with Crippen molar-refractivity contribution < 1.29 is 0 Å². The minimum Gasteiger partial charge on any atom is -0.291 e. The number of likely N-dealkylation sites (tertiary alicyclic amines) is 1. The first kappa shape index (κ1) is 12.3. The Labute approximate surface area is 106 Å². The molecule has 4 heteroatoms. The molecule has 16 heavy (non-hydrogen) atoms. The van der Waals surface area contributed by atoms with Crippen LogP contribution in [0.15, 0.2) is 29.4 Å². The summed E-state index contributed by atoms with van der Waals surface area (Å²) in [5.74, 6) is 0. The summed E-state index contributed by atoms with van der Waals surface area (Å²) >= 11 is 0. The van der Waals surface area contributed by atoms with Gasteiger partial charge in [-0.2, -0.15) is 0 Å². The first-order valence-electron chi connectivity index (χ1n) is 5.88. The maximum Gasteiger partial charge on any atom is 0.107 e. The van der Waals surface area contributed by atoms with Gasteiger partial charge in [0, 0.05) is 12.7 Å². The zero-order valence-electron chi connectivity index (χ0n) is 9.63. The predicted molar refractivity (Wildman–Crippen MR) is 72.6 cm³/mol. The molecule has 2 nitrogen and oxygen atoms in total. The van der Waals surface area contributed by atoms with Gasteiger partial charge < -0.3 is 0 Å². The molecular formula is C12H18N2S2. The second kappa shape index (κ2) is 6.52. The molecule has 1 aromatic heterocycles. The fourth-order valence-electron chi connectivity index (χ4n) is 1.64. The van der Waals surface area contributed by atoms with Crippen LogP contribution in [-0.4, -0.2) is 28.3 Å². The molecule has 2 rings (SSSR count). The van der Waals surface area contributed by atoms with Crippen LogP contribution in [0.2, 0.25) is 0 Å². The maximum atomic E-state index is 4.32. The second-order valence-electron chi connectivity index (χ2n) is 3.98. The number of aromatic nitrogens is 1. The highest BCUT2D eigenvalue weighted by Crippen LogP contribution is 2.39. The van der Waals surface area contributed by atoms with E-state index in [1.807, 2.05) is 29.1 Å². The molecule has 1 fully saturated rings. The first-order chi connectivity index (χ1) is 7.90. The number of hydrogen-bond donors (Lipinski definition) is 0. The van der Waals surface area contributed by atoms with Crippen LogP contribution in [0.3, 0.4) is 0 Å². The lowest BCUT2D eigenvalue weighted by Crippen LogP contribution is -2.45. The van der Waals surface area contributed by atoms with Crippen molar-refractivity contribution in [3.63, 3.8) is 0 Å². The molecule has 0 saturated carbocycles. The van der Waals surface area contributed by atoms with Crippen molar-refractivity contribution in [3.8, 4) is 0 Å². The molecule has 1 aromatic rings. The smallest absolute Gasteiger partial charge is 0.107 e. The number of rotatable bonds is 6. The first-order valence-corrected chi connectivity index (χ1v) is 8.10. The standard InChI is InChI=1S/C12H18N2S2/c1-2-3-9-14-10-7-12(14)16-15-11-6-4-5-8-13-11/h4-6,8,12H,2-3,7,9-10H2,1H3. The second-order valence-corrected chi connectivity index (χ2v) is 6.38. The monoisotopic (exact) mass is 254 g/mol. The van der Waals surface area contributed by atoms with Crippen LogP contribution in [0.1, 0.15) is 26.2 Å². The quantitative estimate of drug-likeness (QED) is 0.720. The van der Waals surface area contributed by atoms with Crippen LogP contribution < -0.4 is 0 Å². The third-order valence-corrected chi connectivity index (χ3v) is 5.48. The average Bonchev–Trinajstić information content (AvgIpc) is 2.30. The van der Waals surface area contributed by atoms with Gasteiger partial charge in [0.05, 0.1) is 5.37 Å². The summed E-state index contributed by atoms with van der Waals surface area (Å²) < 4.78 is 0. The van der Waals surface area contributed by atoms with E-state index in [4.69, 9.17) is 0 Å². The van der Waals surface area contributed by atoms with Gasteiger partial charge in [-0.1, -0.05) is 30.2 Å². The Bertz CT molecular complexity index is 305. The van der Waals surface area contributed by atoms with Gasteiger partial charge in [0.15, 0.2) is 0 Å². The van der Waals surface area contributed by atoms with Crippen LogP contribution in [0.4, 0.5) is 0 Å². The summed E-state index contributed by atoms with van der Waals surface area (Å²) in [5.41, 5.74) is 0. The minimum absolute atomic E-state index is 0.707. The fourth-order valence-corrected chi connectivity index (χ4v) is 4.20. The van der Waals surface area contributed by atoms with E-state index in [2.05, 4.69) is 22.9 Å². The van der Waals surface area contributed by atoms with Crippen molar-refractivity contribution in [1.29, 1.82) is 0 Å². The van der Waals surface area contributed by atoms with Gasteiger partial charge in [0.2, 0.25) is 0 Å². The highest BCUT2D eigenvalue weighted by atomic mass is 33.1. The van der Waals surface area contributed by atoms with E-state index in [-0.39, 0.29) is 0 Å². The summed E-state index contributed by atoms with van der Waals surface area (Å²) in [5, 5.41) is 1.83. The van der Waals surface area contributed by atoms with Gasteiger partial charge in [0.1, 0.15) is 5.03 Å². The Hall–Kier alpha value is -0.190. The van der Waals surface area contributed by atoms with E-state index in [1.54, 1.807) is 10.8 Å². The van der Waals surface area contributed by atoms with Gasteiger partial charge in [-0.05, 0) is 42.3 Å². The maximum absolute atomic E-state index is 4.32. The van der Waals surface area contributed by atoms with Crippen LogP contribution in [0.25, 0.3) is 0 Å². The number of pyridine rings is 1. The molecule has 0 aromatic carbocycles. The fraction of sp³-hybridized carbons (Fsp3) is 0.583. The molecular weight excluding hydrogens is 236 g/mol. The normalized spacial score (nSPS) is 20.7. The van der Waals surface area contributed by atoms with E-state index < -0.39 is 0 Å². The molecule has 0 radical (unpaired) electrons. The third-order valence-electron chi connectivity index (χ3n) is 2.75. The van der Waals surface area contributed by atoms with E-state index >= 15 is 0 Å². The highest BCUT2D eigenvalue weighted by molar-refractivity contribution is 8.76. The molecule has 1 unspecified atom stereocenters. The molecule has 0 amide bonds. The van der Waals surface area contributed by atoms with Gasteiger partial charge in [-0.15, -0.1) is 0 Å². The van der Waals surface area contributed by atoms with Crippen molar-refractivity contribution >= 4 is 21.6 Å². The Morgan fingerprint density at radius 2 is 2.44 bits per heavy atom. The number of hydrogen-bond acceptors (Lipinski definition) is 4. The van der Waals surface area contributed by atoms with E-state index in [9.17, 15) is 0 Å². The SMILES string of the molecule is CCCCN1CCC1SSc1ccccn1. The molecule has 0 aliphatic carbocycles. The Morgan fingerprint density at radius 3 is 3.06 bits per heavy atom. The molecule has 0 spiro atoms. The van der Waals surface area contributed by atoms with Crippen LogP contribution in [-0.2, 0) is 0 Å². The Balaban J connectivity index is 1.70. The van der Waals surface area contributed by atoms with E-state index in [1.165, 1.54) is 32.4 Å². The van der Waals surface area contributed by atoms with Gasteiger partial charge in [-0.3, -0.25) is 4.90 Å². The lowest BCUT2D eigenvalue weighted by molar-refractivity contribution is 0.154. The summed E-state index contributed by atoms with van der Waals surface area (Å²) in [6.07, 6.45) is 5.80. The minimum atomic E-state index is 0.707. The summed E-state index contributed by atoms with van der Waals surface area (Å²) in [4.78, 5) is 6.89. The van der Waals surface area contributed by atoms with Crippen molar-refractivity contribution in [2.24, 2.45) is 0 Å². The van der Waals surface area contributed by atoms with E-state index in [0.29, 0.717) is 5.37 Å². The topological polar surface area (TPSA) is 16.1 Å². The van der Waals surface area contributed by atoms with Crippen molar-refractivity contribution in [3.05, 3.63) is 24.4 Å². The van der Waals surface area contributed by atoms with Crippen LogP contribution in [0, 0.1) is 0 Å². The van der Waals surface area contributed by atoms with Crippen molar-refractivity contribution in [2.75, 3.05) is 13.1 Å². The van der Waals surface area contributed by atoms with Gasteiger partial charge in [-0.25, -0.2) is 4.98 Å².